The fourth-order valence-corrected chi connectivity index (χ4v) is 4.34. The van der Waals surface area contributed by atoms with Gasteiger partial charge in [-0.05, 0) is 18.5 Å². The van der Waals surface area contributed by atoms with Crippen molar-refractivity contribution < 1.29 is 0 Å². The molecule has 4 rings (SSSR count). The van der Waals surface area contributed by atoms with E-state index in [-0.39, 0.29) is 0 Å². The van der Waals surface area contributed by atoms with Crippen LogP contribution < -0.4 is 5.32 Å². The van der Waals surface area contributed by atoms with Crippen molar-refractivity contribution in [2.24, 2.45) is 0 Å². The second-order valence-electron chi connectivity index (χ2n) is 4.80. The zero-order valence-corrected chi connectivity index (χ0v) is 11.6. The highest BCUT2D eigenvalue weighted by atomic mass is 35.5. The van der Waals surface area contributed by atoms with Gasteiger partial charge in [-0.15, -0.1) is 11.3 Å². The van der Waals surface area contributed by atoms with E-state index in [1.54, 1.807) is 11.3 Å². The maximum atomic E-state index is 6.27. The van der Waals surface area contributed by atoms with Crippen LogP contribution in [0.2, 0.25) is 5.02 Å². The topological polar surface area (TPSA) is 18.5 Å². The first-order valence-corrected chi connectivity index (χ1v) is 7.42. The van der Waals surface area contributed by atoms with Gasteiger partial charge in [0.2, 0.25) is 0 Å². The fourth-order valence-electron chi connectivity index (χ4n) is 3.00. The third-order valence-electron chi connectivity index (χ3n) is 3.94. The van der Waals surface area contributed by atoms with Crippen LogP contribution in [0.1, 0.15) is 10.9 Å². The third-order valence-corrected chi connectivity index (χ3v) is 5.39. The van der Waals surface area contributed by atoms with Crippen molar-refractivity contribution in [3.05, 3.63) is 21.3 Å². The fraction of sp³-hybridized carbons (Fsp3) is 0.667. The molecule has 94 valence electrons. The summed E-state index contributed by atoms with van der Waals surface area (Å²) in [5.74, 6) is 0. The van der Waals surface area contributed by atoms with Gasteiger partial charge in [0.1, 0.15) is 0 Å². The molecule has 1 aromatic heterocycles. The Hall–Kier alpha value is -0.130. The normalized spacial score (nSPS) is 33.9. The molecule has 3 saturated heterocycles. The summed E-state index contributed by atoms with van der Waals surface area (Å²) in [5, 5.41) is 6.45. The first-order valence-electron chi connectivity index (χ1n) is 6.16. The maximum Gasteiger partial charge on any atom is 0.0598 e. The van der Waals surface area contributed by atoms with Gasteiger partial charge in [0, 0.05) is 43.6 Å². The van der Waals surface area contributed by atoms with Crippen LogP contribution in [-0.4, -0.2) is 55.6 Å². The molecule has 1 N–H and O–H groups in total. The molecule has 0 spiro atoms. The van der Waals surface area contributed by atoms with Crippen molar-refractivity contribution in [1.29, 1.82) is 0 Å². The molecule has 0 aliphatic carbocycles. The van der Waals surface area contributed by atoms with Crippen LogP contribution in [0.3, 0.4) is 0 Å². The Labute approximate surface area is 111 Å². The Bertz CT molecular complexity index is 387. The number of rotatable bonds is 3. The van der Waals surface area contributed by atoms with Crippen molar-refractivity contribution in [2.75, 3.05) is 39.8 Å². The van der Waals surface area contributed by atoms with Crippen LogP contribution >= 0.6 is 22.9 Å². The Morgan fingerprint density at radius 3 is 2.65 bits per heavy atom. The quantitative estimate of drug-likeness (QED) is 0.902. The molecule has 3 fully saturated rings. The summed E-state index contributed by atoms with van der Waals surface area (Å²) in [6.45, 7) is 6.02. The summed E-state index contributed by atoms with van der Waals surface area (Å²) in [6, 6.07) is 2.94. The van der Waals surface area contributed by atoms with Gasteiger partial charge < -0.3 is 5.32 Å². The van der Waals surface area contributed by atoms with Gasteiger partial charge in [0.15, 0.2) is 0 Å². The summed E-state index contributed by atoms with van der Waals surface area (Å²) in [7, 11) is 2.04. The monoisotopic (exact) mass is 271 g/mol. The van der Waals surface area contributed by atoms with E-state index >= 15 is 0 Å². The molecule has 0 amide bonds. The number of thiophene rings is 1. The van der Waals surface area contributed by atoms with Crippen molar-refractivity contribution in [3.63, 3.8) is 0 Å². The Balaban J connectivity index is 1.84. The van der Waals surface area contributed by atoms with Crippen molar-refractivity contribution >= 4 is 22.9 Å². The maximum absolute atomic E-state index is 6.27. The van der Waals surface area contributed by atoms with E-state index in [4.69, 9.17) is 11.6 Å². The number of nitrogens with one attached hydrogen (secondary N) is 1. The van der Waals surface area contributed by atoms with Crippen molar-refractivity contribution in [3.8, 4) is 0 Å². The lowest BCUT2D eigenvalue weighted by molar-refractivity contribution is -0.00201. The zero-order valence-electron chi connectivity index (χ0n) is 10.0. The predicted molar refractivity (Wildman–Crippen MR) is 72.9 cm³/mol. The van der Waals surface area contributed by atoms with E-state index in [0.29, 0.717) is 12.1 Å². The molecule has 17 heavy (non-hydrogen) atoms. The first-order chi connectivity index (χ1) is 8.29. The van der Waals surface area contributed by atoms with Gasteiger partial charge in [-0.3, -0.25) is 9.80 Å². The summed E-state index contributed by atoms with van der Waals surface area (Å²) in [6.07, 6.45) is 0. The van der Waals surface area contributed by atoms with E-state index in [2.05, 4.69) is 20.5 Å². The minimum Gasteiger partial charge on any atom is -0.311 e. The van der Waals surface area contributed by atoms with E-state index < -0.39 is 0 Å². The molecule has 4 heterocycles. The molecule has 3 aliphatic heterocycles. The summed E-state index contributed by atoms with van der Waals surface area (Å²) >= 11 is 8.04. The predicted octanol–water partition coefficient (Wildman–Crippen LogP) is 1.66. The third kappa shape index (κ3) is 2.13. The highest BCUT2D eigenvalue weighted by molar-refractivity contribution is 7.10. The van der Waals surface area contributed by atoms with Crippen LogP contribution in [-0.2, 0) is 0 Å². The molecule has 1 aromatic rings. The molecule has 5 heteroatoms. The molecule has 0 radical (unpaired) electrons. The minimum absolute atomic E-state index is 0.366. The average molecular weight is 272 g/mol. The number of hydrogen-bond acceptors (Lipinski definition) is 4. The lowest BCUT2D eigenvalue weighted by Gasteiger charge is -2.50. The van der Waals surface area contributed by atoms with Gasteiger partial charge in [0.25, 0.3) is 0 Å². The molecular weight excluding hydrogens is 254 g/mol. The number of nitrogens with zero attached hydrogens (tertiary/aromatic N) is 2. The molecule has 0 saturated carbocycles. The minimum atomic E-state index is 0.366. The lowest BCUT2D eigenvalue weighted by atomic mass is 9.99. The Morgan fingerprint density at radius 2 is 2.18 bits per heavy atom. The second-order valence-corrected chi connectivity index (χ2v) is 6.16. The number of likely N-dealkylation sites (N-methyl/N-ethyl adjacent to an activating group) is 1. The van der Waals surface area contributed by atoms with E-state index in [9.17, 15) is 0 Å². The highest BCUT2D eigenvalue weighted by Crippen LogP contribution is 2.34. The molecule has 0 aromatic carbocycles. The molecule has 2 bridgehead atoms. The summed E-state index contributed by atoms with van der Waals surface area (Å²) < 4.78 is 0. The van der Waals surface area contributed by atoms with Crippen LogP contribution in [0.5, 0.6) is 0 Å². The van der Waals surface area contributed by atoms with Gasteiger partial charge in [-0.1, -0.05) is 11.6 Å². The second kappa shape index (κ2) is 4.86. The van der Waals surface area contributed by atoms with Gasteiger partial charge in [-0.25, -0.2) is 0 Å². The van der Waals surface area contributed by atoms with Crippen LogP contribution in [0.15, 0.2) is 11.4 Å². The molecular formula is C12H18ClN3S. The smallest absolute Gasteiger partial charge is 0.0598 e. The average Bonchev–Trinajstić information content (AvgIpc) is 2.79. The van der Waals surface area contributed by atoms with Gasteiger partial charge in [-0.2, -0.15) is 0 Å². The van der Waals surface area contributed by atoms with Crippen LogP contribution in [0, 0.1) is 0 Å². The van der Waals surface area contributed by atoms with E-state index in [0.717, 1.165) is 5.02 Å². The standard InChI is InChI=1S/C12H18ClN3S/c1-14-11(12-9(13)2-7-17-12)10-8-15-3-5-16(10)6-4-15/h2,7,10-11,14H,3-6,8H2,1H3. The molecule has 3 aliphatic rings. The van der Waals surface area contributed by atoms with E-state index in [1.165, 1.54) is 37.6 Å². The Kier molecular flexibility index (Phi) is 3.41. The van der Waals surface area contributed by atoms with Crippen LogP contribution in [0.4, 0.5) is 0 Å². The Morgan fingerprint density at radius 1 is 1.41 bits per heavy atom. The van der Waals surface area contributed by atoms with Gasteiger partial charge in [0.05, 0.1) is 11.1 Å². The number of halogens is 1. The van der Waals surface area contributed by atoms with E-state index in [1.807, 2.05) is 13.1 Å². The molecule has 3 nitrogen and oxygen atoms in total. The molecule has 2 atom stereocenters. The van der Waals surface area contributed by atoms with Crippen molar-refractivity contribution in [1.82, 2.24) is 15.1 Å². The highest BCUT2D eigenvalue weighted by Gasteiger charge is 2.37. The molecule has 2 unspecified atom stereocenters. The van der Waals surface area contributed by atoms with Crippen molar-refractivity contribution in [2.45, 2.75) is 12.1 Å². The number of fused-ring (bicyclic) bond motifs is 3. The largest absolute Gasteiger partial charge is 0.311 e. The first kappa shape index (κ1) is 11.9. The SMILES string of the molecule is CNC(c1sccc1Cl)C1CN2CCN1CC2. The summed E-state index contributed by atoms with van der Waals surface area (Å²) in [5.41, 5.74) is 0. The number of piperazine rings is 3. The summed E-state index contributed by atoms with van der Waals surface area (Å²) in [4.78, 5) is 6.46. The zero-order chi connectivity index (χ0) is 11.8. The number of hydrogen-bond donors (Lipinski definition) is 1. The van der Waals surface area contributed by atoms with Crippen LogP contribution in [0.25, 0.3) is 0 Å². The van der Waals surface area contributed by atoms with Gasteiger partial charge >= 0.3 is 0 Å². The lowest BCUT2D eigenvalue weighted by Crippen LogP contribution is -2.63.